The third kappa shape index (κ3) is 4.18. The molecule has 1 amide bonds. The number of hydrogen-bond donors (Lipinski definition) is 4. The Hall–Kier alpha value is -4.10. The fourth-order valence-corrected chi connectivity index (χ4v) is 3.93. The van der Waals surface area contributed by atoms with Crippen LogP contribution in [0.25, 0.3) is 11.0 Å². The Balaban J connectivity index is 1.84. The number of rotatable bonds is 3. The van der Waals surface area contributed by atoms with E-state index < -0.39 is 5.56 Å². The highest BCUT2D eigenvalue weighted by Crippen LogP contribution is 2.31. The zero-order valence-corrected chi connectivity index (χ0v) is 18.3. The minimum Gasteiger partial charge on any atom is -0.454 e. The number of furan rings is 1. The number of likely N-dealkylation sites (tertiary alicyclic amines) is 1. The highest BCUT2D eigenvalue weighted by Gasteiger charge is 2.29. The summed E-state index contributed by atoms with van der Waals surface area (Å²) in [6.07, 6.45) is 0.574. The van der Waals surface area contributed by atoms with E-state index in [4.69, 9.17) is 26.0 Å². The number of anilines is 2. The molecular formula is C23H24N6O4. The maximum Gasteiger partial charge on any atom is 0.298 e. The highest BCUT2D eigenvalue weighted by molar-refractivity contribution is 6.18. The van der Waals surface area contributed by atoms with Crippen molar-refractivity contribution in [3.63, 3.8) is 0 Å². The number of aliphatic imine (C=N–C) groups is 1. The maximum atomic E-state index is 12.2. The first-order valence-electron chi connectivity index (χ1n) is 10.4. The summed E-state index contributed by atoms with van der Waals surface area (Å²) in [7, 11) is 0. The summed E-state index contributed by atoms with van der Waals surface area (Å²) in [5.41, 5.74) is 14.6. The molecule has 1 saturated heterocycles. The van der Waals surface area contributed by atoms with Crippen LogP contribution in [-0.2, 0) is 4.79 Å². The monoisotopic (exact) mass is 448 g/mol. The van der Waals surface area contributed by atoms with Crippen LogP contribution < -0.4 is 17.0 Å². The van der Waals surface area contributed by atoms with Gasteiger partial charge in [-0.25, -0.2) is 5.10 Å². The van der Waals surface area contributed by atoms with Gasteiger partial charge in [0, 0.05) is 24.0 Å². The molecule has 33 heavy (non-hydrogen) atoms. The Morgan fingerprint density at radius 2 is 2.18 bits per heavy atom. The van der Waals surface area contributed by atoms with Crippen molar-refractivity contribution in [1.29, 1.82) is 0 Å². The van der Waals surface area contributed by atoms with Gasteiger partial charge in [0.15, 0.2) is 11.6 Å². The van der Waals surface area contributed by atoms with E-state index in [1.807, 2.05) is 32.0 Å². The van der Waals surface area contributed by atoms with Crippen molar-refractivity contribution in [2.24, 2.45) is 4.99 Å². The summed E-state index contributed by atoms with van der Waals surface area (Å²) in [4.78, 5) is 30.9. The topological polar surface area (TPSA) is 164 Å². The first kappa shape index (κ1) is 22.1. The molecule has 0 bridgehead atoms. The molecule has 3 heterocycles. The third-order valence-electron chi connectivity index (χ3n) is 5.63. The number of carbonyl (C=O) groups is 1. The molecule has 1 unspecified atom stereocenters. The van der Waals surface area contributed by atoms with Crippen LogP contribution in [-0.4, -0.2) is 57.6 Å². The number of aliphatic hydroxyl groups is 1. The van der Waals surface area contributed by atoms with E-state index in [0.717, 1.165) is 16.5 Å². The summed E-state index contributed by atoms with van der Waals surface area (Å²) in [5, 5.41) is 15.9. The van der Waals surface area contributed by atoms with Gasteiger partial charge >= 0.3 is 0 Å². The largest absolute Gasteiger partial charge is 0.454 e. The van der Waals surface area contributed by atoms with Crippen molar-refractivity contribution in [2.75, 3.05) is 31.2 Å². The van der Waals surface area contributed by atoms with Crippen molar-refractivity contribution in [1.82, 2.24) is 15.1 Å². The second-order valence-electron chi connectivity index (χ2n) is 7.91. The average Bonchev–Trinajstić information content (AvgIpc) is 3.39. The quantitative estimate of drug-likeness (QED) is 0.339. The zero-order chi connectivity index (χ0) is 23.7. The second-order valence-corrected chi connectivity index (χ2v) is 7.91. The SMILES string of the molecule is Cc1ccc2oc(C(=NC3CCN(C(=O)C#CCO)C3)c3c(N)n[nH]c(=O)c3N)c(C)c2c1. The van der Waals surface area contributed by atoms with E-state index in [0.29, 0.717) is 36.6 Å². The minimum atomic E-state index is -0.584. The number of fused-ring (bicyclic) bond motifs is 1. The number of nitrogens with zero attached hydrogens (tertiary/aromatic N) is 3. The van der Waals surface area contributed by atoms with Crippen LogP contribution in [0.2, 0.25) is 0 Å². The molecule has 0 radical (unpaired) electrons. The molecular weight excluding hydrogens is 424 g/mol. The van der Waals surface area contributed by atoms with Gasteiger partial charge in [-0.05, 0) is 38.3 Å². The van der Waals surface area contributed by atoms with Crippen LogP contribution >= 0.6 is 0 Å². The van der Waals surface area contributed by atoms with Gasteiger partial charge in [-0.15, -0.1) is 0 Å². The Kier molecular flexibility index (Phi) is 5.89. The van der Waals surface area contributed by atoms with Gasteiger partial charge in [0.25, 0.3) is 11.5 Å². The maximum absolute atomic E-state index is 12.2. The van der Waals surface area contributed by atoms with Crippen LogP contribution in [0.1, 0.15) is 28.9 Å². The number of hydrogen-bond acceptors (Lipinski definition) is 8. The number of nitrogen functional groups attached to an aromatic ring is 2. The normalized spacial score (nSPS) is 16.2. The lowest BCUT2D eigenvalue weighted by atomic mass is 10.0. The molecule has 4 rings (SSSR count). The molecule has 1 fully saturated rings. The molecule has 10 nitrogen and oxygen atoms in total. The number of nitrogens with one attached hydrogen (secondary N) is 1. The van der Waals surface area contributed by atoms with Gasteiger partial charge in [0.2, 0.25) is 0 Å². The Morgan fingerprint density at radius 1 is 1.39 bits per heavy atom. The molecule has 0 spiro atoms. The number of nitrogens with two attached hydrogens (primary N) is 2. The fourth-order valence-electron chi connectivity index (χ4n) is 3.93. The van der Waals surface area contributed by atoms with Gasteiger partial charge in [-0.1, -0.05) is 17.6 Å². The predicted molar refractivity (Wildman–Crippen MR) is 125 cm³/mol. The number of aryl methyl sites for hydroxylation is 2. The van der Waals surface area contributed by atoms with Crippen molar-refractivity contribution < 1.29 is 14.3 Å². The molecule has 2 aromatic heterocycles. The van der Waals surface area contributed by atoms with E-state index >= 15 is 0 Å². The molecule has 0 aliphatic carbocycles. The Bertz CT molecular complexity index is 1390. The number of aliphatic hydroxyl groups excluding tert-OH is 1. The molecule has 3 aromatic rings. The van der Waals surface area contributed by atoms with Crippen molar-refractivity contribution >= 4 is 34.1 Å². The van der Waals surface area contributed by atoms with Gasteiger partial charge in [-0.2, -0.15) is 5.10 Å². The van der Waals surface area contributed by atoms with E-state index in [1.165, 1.54) is 0 Å². The van der Waals surface area contributed by atoms with Crippen molar-refractivity contribution in [2.45, 2.75) is 26.3 Å². The lowest BCUT2D eigenvalue weighted by Crippen LogP contribution is -2.28. The molecule has 1 atom stereocenters. The molecule has 1 aliphatic rings. The molecule has 1 aliphatic heterocycles. The van der Waals surface area contributed by atoms with Crippen LogP contribution in [0.15, 0.2) is 32.4 Å². The average molecular weight is 448 g/mol. The Morgan fingerprint density at radius 3 is 2.94 bits per heavy atom. The van der Waals surface area contributed by atoms with E-state index in [9.17, 15) is 9.59 Å². The molecule has 10 heteroatoms. The second kappa shape index (κ2) is 8.80. The van der Waals surface area contributed by atoms with Gasteiger partial charge in [0.05, 0.1) is 11.6 Å². The van der Waals surface area contributed by atoms with E-state index in [-0.39, 0.29) is 35.6 Å². The highest BCUT2D eigenvalue weighted by atomic mass is 16.3. The van der Waals surface area contributed by atoms with Gasteiger partial charge in [0.1, 0.15) is 23.6 Å². The smallest absolute Gasteiger partial charge is 0.298 e. The van der Waals surface area contributed by atoms with Crippen molar-refractivity contribution in [3.8, 4) is 11.8 Å². The predicted octanol–water partition coefficient (Wildman–Crippen LogP) is 0.731. The zero-order valence-electron chi connectivity index (χ0n) is 18.3. The van der Waals surface area contributed by atoms with Gasteiger partial charge < -0.3 is 25.9 Å². The number of H-pyrrole nitrogens is 1. The van der Waals surface area contributed by atoms with Crippen LogP contribution in [0.4, 0.5) is 11.5 Å². The number of benzene rings is 1. The summed E-state index contributed by atoms with van der Waals surface area (Å²) < 4.78 is 6.15. The third-order valence-corrected chi connectivity index (χ3v) is 5.63. The summed E-state index contributed by atoms with van der Waals surface area (Å²) in [6, 6.07) is 5.52. The summed E-state index contributed by atoms with van der Waals surface area (Å²) in [5.74, 6) is 4.83. The first-order valence-corrected chi connectivity index (χ1v) is 10.4. The summed E-state index contributed by atoms with van der Waals surface area (Å²) >= 11 is 0. The Labute approximate surface area is 189 Å². The molecule has 1 aromatic carbocycles. The number of aromatic nitrogens is 2. The van der Waals surface area contributed by atoms with Crippen LogP contribution in [0.3, 0.4) is 0 Å². The number of aromatic amines is 1. The molecule has 6 N–H and O–H groups in total. The van der Waals surface area contributed by atoms with Crippen LogP contribution in [0, 0.1) is 25.7 Å². The van der Waals surface area contributed by atoms with Crippen molar-refractivity contribution in [3.05, 3.63) is 51.0 Å². The fraction of sp³-hybridized carbons (Fsp3) is 0.304. The molecule has 170 valence electrons. The standard InChI is InChI=1S/C23H24N6O4/c1-12-5-6-16-15(10-12)13(2)21(33-16)20(18-19(24)23(32)28-27-22(18)25)26-14-7-8-29(11-14)17(31)4-3-9-30/h5-6,10,14,30H,7-9,11H2,1-2H3,(H,28,32)(H4,24,25,27). The first-order chi connectivity index (χ1) is 15.8. The summed E-state index contributed by atoms with van der Waals surface area (Å²) in [6.45, 7) is 4.28. The van der Waals surface area contributed by atoms with E-state index in [1.54, 1.807) is 4.90 Å². The number of amides is 1. The molecule has 0 saturated carbocycles. The lowest BCUT2D eigenvalue weighted by Gasteiger charge is -2.14. The van der Waals surface area contributed by atoms with Crippen LogP contribution in [0.5, 0.6) is 0 Å². The minimum absolute atomic E-state index is 0.0154. The number of carbonyl (C=O) groups excluding carboxylic acids is 1. The lowest BCUT2D eigenvalue weighted by molar-refractivity contribution is -0.124. The van der Waals surface area contributed by atoms with E-state index in [2.05, 4.69) is 22.0 Å². The van der Waals surface area contributed by atoms with Gasteiger partial charge in [-0.3, -0.25) is 14.6 Å².